The number of aromatic nitrogens is 1. The van der Waals surface area contributed by atoms with Gasteiger partial charge in [-0.2, -0.15) is 0 Å². The molecule has 1 N–H and O–H groups in total. The first-order valence-corrected chi connectivity index (χ1v) is 6.08. The average Bonchev–Trinajstić information content (AvgIpc) is 2.39. The summed E-state index contributed by atoms with van der Waals surface area (Å²) < 4.78 is 11.2. The number of hydrogen-bond acceptors (Lipinski definition) is 5. The number of pyridine rings is 1. The zero-order valence-electron chi connectivity index (χ0n) is 9.98. The van der Waals surface area contributed by atoms with Crippen LogP contribution in [0.25, 0.3) is 0 Å². The fraction of sp³-hybridized carbons (Fsp3) is 0.583. The van der Waals surface area contributed by atoms with Crippen LogP contribution in [-0.4, -0.2) is 43.9 Å². The third-order valence-corrected chi connectivity index (χ3v) is 3.07. The van der Waals surface area contributed by atoms with Crippen molar-refractivity contribution in [2.75, 3.05) is 37.7 Å². The van der Waals surface area contributed by atoms with Gasteiger partial charge in [-0.15, -0.1) is 0 Å². The molecule has 1 aromatic rings. The van der Waals surface area contributed by atoms with E-state index in [0.717, 1.165) is 37.6 Å². The molecule has 5 nitrogen and oxygen atoms in total. The maximum absolute atomic E-state index is 5.73. The number of nitrogens with zero attached hydrogens (tertiary/aromatic N) is 2. The summed E-state index contributed by atoms with van der Waals surface area (Å²) in [7, 11) is 0. The first-order chi connectivity index (χ1) is 8.33. The predicted molar refractivity (Wildman–Crippen MR) is 64.9 cm³/mol. The van der Waals surface area contributed by atoms with Gasteiger partial charge in [-0.25, -0.2) is 4.98 Å². The molecule has 3 heterocycles. The fourth-order valence-electron chi connectivity index (χ4n) is 2.16. The van der Waals surface area contributed by atoms with Crippen LogP contribution >= 0.6 is 0 Å². The minimum Gasteiger partial charge on any atom is -0.481 e. The molecule has 1 atom stereocenters. The van der Waals surface area contributed by atoms with Crippen molar-refractivity contribution >= 4 is 5.69 Å². The minimum absolute atomic E-state index is 0.0996. The maximum atomic E-state index is 5.73. The molecule has 0 amide bonds. The van der Waals surface area contributed by atoms with Crippen LogP contribution in [0.1, 0.15) is 6.92 Å². The summed E-state index contributed by atoms with van der Waals surface area (Å²) in [5.74, 6) is 1.38. The van der Waals surface area contributed by atoms with Crippen LogP contribution in [0.15, 0.2) is 12.3 Å². The molecule has 2 aliphatic heterocycles. The van der Waals surface area contributed by atoms with E-state index in [0.29, 0.717) is 12.5 Å². The summed E-state index contributed by atoms with van der Waals surface area (Å²) in [5, 5.41) is 3.34. The summed E-state index contributed by atoms with van der Waals surface area (Å²) in [6, 6.07) is 2.03. The molecular formula is C12H17N3O2. The lowest BCUT2D eigenvalue weighted by atomic mass is 10.3. The molecule has 0 aliphatic carbocycles. The molecule has 3 rings (SSSR count). The van der Waals surface area contributed by atoms with Crippen molar-refractivity contribution in [3.05, 3.63) is 12.3 Å². The Hall–Kier alpha value is -1.49. The normalized spacial score (nSPS) is 23.6. The first kappa shape index (κ1) is 10.7. The molecule has 1 unspecified atom stereocenters. The lowest BCUT2D eigenvalue weighted by Gasteiger charge is -2.30. The van der Waals surface area contributed by atoms with E-state index >= 15 is 0 Å². The topological polar surface area (TPSA) is 46.6 Å². The number of fused-ring (bicyclic) bond motifs is 1. The van der Waals surface area contributed by atoms with Crippen molar-refractivity contribution in [2.24, 2.45) is 0 Å². The Bertz CT molecular complexity index is 405. The van der Waals surface area contributed by atoms with Gasteiger partial charge in [-0.1, -0.05) is 0 Å². The van der Waals surface area contributed by atoms with E-state index in [1.54, 1.807) is 0 Å². The Morgan fingerprint density at radius 1 is 1.41 bits per heavy atom. The third kappa shape index (κ3) is 2.15. The summed E-state index contributed by atoms with van der Waals surface area (Å²) in [4.78, 5) is 6.63. The van der Waals surface area contributed by atoms with Crippen LogP contribution in [-0.2, 0) is 0 Å². The highest BCUT2D eigenvalue weighted by molar-refractivity contribution is 5.53. The number of hydrogen-bond donors (Lipinski definition) is 1. The van der Waals surface area contributed by atoms with E-state index in [9.17, 15) is 0 Å². The van der Waals surface area contributed by atoms with Gasteiger partial charge in [-0.05, 0) is 6.92 Å². The molecule has 92 valence electrons. The zero-order valence-corrected chi connectivity index (χ0v) is 9.98. The molecule has 17 heavy (non-hydrogen) atoms. The van der Waals surface area contributed by atoms with E-state index in [1.807, 2.05) is 19.2 Å². The van der Waals surface area contributed by atoms with Gasteiger partial charge in [0.2, 0.25) is 0 Å². The van der Waals surface area contributed by atoms with Gasteiger partial charge in [0.25, 0.3) is 5.88 Å². The van der Waals surface area contributed by atoms with Crippen molar-refractivity contribution in [1.82, 2.24) is 10.3 Å². The van der Waals surface area contributed by atoms with E-state index in [4.69, 9.17) is 9.47 Å². The predicted octanol–water partition coefficient (Wildman–Crippen LogP) is 0.651. The van der Waals surface area contributed by atoms with Crippen molar-refractivity contribution in [1.29, 1.82) is 0 Å². The summed E-state index contributed by atoms with van der Waals surface area (Å²) >= 11 is 0. The average molecular weight is 235 g/mol. The molecule has 0 bridgehead atoms. The molecule has 0 aromatic carbocycles. The van der Waals surface area contributed by atoms with Crippen LogP contribution in [0, 0.1) is 0 Å². The number of anilines is 1. The summed E-state index contributed by atoms with van der Waals surface area (Å²) in [5.41, 5.74) is 1.11. The Labute approximate surface area is 101 Å². The van der Waals surface area contributed by atoms with Gasteiger partial charge in [0, 0.05) is 32.2 Å². The fourth-order valence-corrected chi connectivity index (χ4v) is 2.16. The Morgan fingerprint density at radius 2 is 2.24 bits per heavy atom. The van der Waals surface area contributed by atoms with Crippen LogP contribution in [0.4, 0.5) is 5.69 Å². The molecule has 5 heteroatoms. The van der Waals surface area contributed by atoms with Crippen molar-refractivity contribution in [3.63, 3.8) is 0 Å². The monoisotopic (exact) mass is 235 g/mol. The lowest BCUT2D eigenvalue weighted by Crippen LogP contribution is -2.43. The van der Waals surface area contributed by atoms with Crippen LogP contribution in [0.5, 0.6) is 11.6 Å². The maximum Gasteiger partial charge on any atom is 0.257 e. The Morgan fingerprint density at radius 3 is 3.06 bits per heavy atom. The number of ether oxygens (including phenoxy) is 2. The van der Waals surface area contributed by atoms with Crippen LogP contribution in [0.3, 0.4) is 0 Å². The molecular weight excluding hydrogens is 218 g/mol. The van der Waals surface area contributed by atoms with Crippen LogP contribution < -0.4 is 19.7 Å². The first-order valence-electron chi connectivity index (χ1n) is 6.08. The third-order valence-electron chi connectivity index (χ3n) is 3.07. The van der Waals surface area contributed by atoms with Gasteiger partial charge < -0.3 is 19.7 Å². The standard InChI is InChI=1S/C12H17N3O2/c1-9-8-16-12-11(17-9)6-10(7-14-12)15-4-2-13-3-5-15/h6-7,9,13H,2-5,8H2,1H3. The van der Waals surface area contributed by atoms with E-state index < -0.39 is 0 Å². The smallest absolute Gasteiger partial charge is 0.257 e. The molecule has 0 saturated carbocycles. The lowest BCUT2D eigenvalue weighted by molar-refractivity contribution is 0.0989. The van der Waals surface area contributed by atoms with Crippen molar-refractivity contribution in [3.8, 4) is 11.6 Å². The van der Waals surface area contributed by atoms with Crippen molar-refractivity contribution < 1.29 is 9.47 Å². The number of nitrogens with one attached hydrogen (secondary N) is 1. The van der Waals surface area contributed by atoms with E-state index in [-0.39, 0.29) is 6.10 Å². The largest absolute Gasteiger partial charge is 0.481 e. The van der Waals surface area contributed by atoms with Gasteiger partial charge in [0.05, 0.1) is 11.9 Å². The highest BCUT2D eigenvalue weighted by atomic mass is 16.6. The highest BCUT2D eigenvalue weighted by Gasteiger charge is 2.20. The molecule has 0 radical (unpaired) electrons. The highest BCUT2D eigenvalue weighted by Crippen LogP contribution is 2.32. The van der Waals surface area contributed by atoms with E-state index in [2.05, 4.69) is 15.2 Å². The Kier molecular flexibility index (Phi) is 2.76. The number of piperazine rings is 1. The van der Waals surface area contributed by atoms with Gasteiger partial charge in [0.15, 0.2) is 5.75 Å². The summed E-state index contributed by atoms with van der Waals surface area (Å²) in [6.45, 7) is 6.64. The molecule has 1 saturated heterocycles. The molecule has 2 aliphatic rings. The zero-order chi connectivity index (χ0) is 11.7. The van der Waals surface area contributed by atoms with Gasteiger partial charge >= 0.3 is 0 Å². The molecule has 0 spiro atoms. The molecule has 1 aromatic heterocycles. The van der Waals surface area contributed by atoms with Crippen molar-refractivity contribution in [2.45, 2.75) is 13.0 Å². The summed E-state index contributed by atoms with van der Waals surface area (Å²) in [6.07, 6.45) is 1.96. The second-order valence-electron chi connectivity index (χ2n) is 4.47. The van der Waals surface area contributed by atoms with Gasteiger partial charge in [0.1, 0.15) is 12.7 Å². The molecule has 1 fully saturated rings. The SMILES string of the molecule is CC1COc2ncc(N3CCNCC3)cc2O1. The van der Waals surface area contributed by atoms with Crippen LogP contribution in [0.2, 0.25) is 0 Å². The van der Waals surface area contributed by atoms with E-state index in [1.165, 1.54) is 0 Å². The number of rotatable bonds is 1. The van der Waals surface area contributed by atoms with Gasteiger partial charge in [-0.3, -0.25) is 0 Å². The minimum atomic E-state index is 0.0996. The Balaban J connectivity index is 1.84. The quantitative estimate of drug-likeness (QED) is 0.774. The second kappa shape index (κ2) is 4.41. The second-order valence-corrected chi connectivity index (χ2v) is 4.47.